The summed E-state index contributed by atoms with van der Waals surface area (Å²) in [6, 6.07) is 8.49. The first-order valence-electron chi connectivity index (χ1n) is 8.11. The lowest BCUT2D eigenvalue weighted by molar-refractivity contribution is -0.141. The third-order valence-corrected chi connectivity index (χ3v) is 3.96. The molecule has 0 aliphatic carbocycles. The van der Waals surface area contributed by atoms with Gasteiger partial charge in [0.1, 0.15) is 6.04 Å². The lowest BCUT2D eigenvalue weighted by Crippen LogP contribution is -2.56. The summed E-state index contributed by atoms with van der Waals surface area (Å²) in [7, 11) is 3.17. The number of hydrazine groups is 1. The second-order valence-corrected chi connectivity index (χ2v) is 6.64. The predicted molar refractivity (Wildman–Crippen MR) is 102 cm³/mol. The molecular formula is C17H27N5O2S. The summed E-state index contributed by atoms with van der Waals surface area (Å²) in [5, 5.41) is 8.26. The number of carbonyl (C=O) groups excluding carboxylic acids is 2. The number of hydrogen-bond acceptors (Lipinski definition) is 3. The van der Waals surface area contributed by atoms with Crippen LogP contribution >= 0.6 is 12.2 Å². The van der Waals surface area contributed by atoms with Crippen LogP contribution in [0.4, 0.5) is 4.79 Å². The van der Waals surface area contributed by atoms with E-state index in [1.165, 1.54) is 10.0 Å². The molecule has 0 spiro atoms. The van der Waals surface area contributed by atoms with Crippen molar-refractivity contribution in [2.45, 2.75) is 32.9 Å². The molecule has 0 saturated carbocycles. The smallest absolute Gasteiger partial charge is 0.315 e. The van der Waals surface area contributed by atoms with Crippen molar-refractivity contribution in [3.05, 3.63) is 35.9 Å². The van der Waals surface area contributed by atoms with Gasteiger partial charge in [-0.1, -0.05) is 44.2 Å². The van der Waals surface area contributed by atoms with Gasteiger partial charge in [-0.25, -0.2) is 4.79 Å². The van der Waals surface area contributed by atoms with E-state index in [2.05, 4.69) is 10.6 Å². The number of thiocarbonyl (C=S) groups is 1. The summed E-state index contributed by atoms with van der Waals surface area (Å²) in [5.74, 6) is -0.0502. The Balaban J connectivity index is 2.69. The molecule has 8 heteroatoms. The van der Waals surface area contributed by atoms with Crippen molar-refractivity contribution < 1.29 is 9.59 Å². The van der Waals surface area contributed by atoms with Crippen molar-refractivity contribution in [1.29, 1.82) is 0 Å². The van der Waals surface area contributed by atoms with Gasteiger partial charge in [0, 0.05) is 20.6 Å². The monoisotopic (exact) mass is 365 g/mol. The maximum Gasteiger partial charge on any atom is 0.315 e. The third kappa shape index (κ3) is 6.96. The highest BCUT2D eigenvalue weighted by molar-refractivity contribution is 7.80. The highest BCUT2D eigenvalue weighted by atomic mass is 32.1. The molecule has 25 heavy (non-hydrogen) atoms. The average molecular weight is 366 g/mol. The van der Waals surface area contributed by atoms with E-state index in [0.717, 1.165) is 5.56 Å². The van der Waals surface area contributed by atoms with E-state index in [9.17, 15) is 9.59 Å². The Hall–Kier alpha value is -2.35. The minimum absolute atomic E-state index is 0.0766. The van der Waals surface area contributed by atoms with Gasteiger partial charge in [-0.3, -0.25) is 14.8 Å². The molecule has 0 fully saturated rings. The standard InChI is InChI=1S/C17H27N5O2S/c1-12(2)10-14(15(23)21(3)22(4)16(18)25)20-17(24)19-11-13-8-6-5-7-9-13/h5-9,12,14H,10-11H2,1-4H3,(H2,18,25)(H2,19,20,24)/t14-/m0/s1. The first-order valence-corrected chi connectivity index (χ1v) is 8.52. The van der Waals surface area contributed by atoms with Gasteiger partial charge in [0.15, 0.2) is 5.11 Å². The van der Waals surface area contributed by atoms with E-state index in [1.54, 1.807) is 14.1 Å². The van der Waals surface area contributed by atoms with E-state index in [0.29, 0.717) is 13.0 Å². The predicted octanol–water partition coefficient (Wildman–Crippen LogP) is 1.45. The summed E-state index contributed by atoms with van der Waals surface area (Å²) < 4.78 is 0. The molecule has 3 amide bonds. The molecule has 1 rings (SSSR count). The average Bonchev–Trinajstić information content (AvgIpc) is 2.57. The minimum Gasteiger partial charge on any atom is -0.375 e. The number of nitrogens with two attached hydrogens (primary N) is 1. The summed E-state index contributed by atoms with van der Waals surface area (Å²) in [5.41, 5.74) is 6.53. The van der Waals surface area contributed by atoms with Gasteiger partial charge in [0.05, 0.1) is 0 Å². The zero-order valence-electron chi connectivity index (χ0n) is 15.2. The Kier molecular flexibility index (Phi) is 8.13. The maximum atomic E-state index is 12.7. The van der Waals surface area contributed by atoms with Crippen LogP contribution in [0.1, 0.15) is 25.8 Å². The number of urea groups is 1. The fraction of sp³-hybridized carbons (Fsp3) is 0.471. The normalized spacial score (nSPS) is 11.6. The molecule has 138 valence electrons. The summed E-state index contributed by atoms with van der Waals surface area (Å²) in [4.78, 5) is 24.8. The van der Waals surface area contributed by atoms with Gasteiger partial charge in [0.25, 0.3) is 5.91 Å². The molecule has 0 radical (unpaired) electrons. The number of carbonyl (C=O) groups is 2. The third-order valence-electron chi connectivity index (χ3n) is 3.69. The van der Waals surface area contributed by atoms with Crippen LogP contribution in [0, 0.1) is 5.92 Å². The SMILES string of the molecule is CC(C)C[C@H](NC(=O)NCc1ccccc1)C(=O)N(C)N(C)C(N)=S. The Morgan fingerprint density at radius 3 is 2.28 bits per heavy atom. The van der Waals surface area contributed by atoms with Crippen molar-refractivity contribution in [3.8, 4) is 0 Å². The first-order chi connectivity index (χ1) is 11.7. The van der Waals surface area contributed by atoms with Gasteiger partial charge in [-0.05, 0) is 30.1 Å². The molecule has 0 unspecified atom stereocenters. The van der Waals surface area contributed by atoms with E-state index in [1.807, 2.05) is 44.2 Å². The molecule has 1 atom stereocenters. The summed E-state index contributed by atoms with van der Waals surface area (Å²) >= 11 is 4.88. The lowest BCUT2D eigenvalue weighted by Gasteiger charge is -2.32. The highest BCUT2D eigenvalue weighted by Gasteiger charge is 2.27. The van der Waals surface area contributed by atoms with E-state index < -0.39 is 12.1 Å². The number of likely N-dealkylation sites (N-methyl/N-ethyl adjacent to an activating group) is 1. The van der Waals surface area contributed by atoms with Crippen LogP contribution in [0.25, 0.3) is 0 Å². The van der Waals surface area contributed by atoms with Crippen LogP contribution in [0.5, 0.6) is 0 Å². The molecule has 0 bridgehead atoms. The minimum atomic E-state index is -0.669. The van der Waals surface area contributed by atoms with E-state index in [4.69, 9.17) is 18.0 Å². The summed E-state index contributed by atoms with van der Waals surface area (Å²) in [6.45, 7) is 4.36. The van der Waals surface area contributed by atoms with Gasteiger partial charge < -0.3 is 16.4 Å². The van der Waals surface area contributed by atoms with Crippen molar-refractivity contribution in [2.24, 2.45) is 11.7 Å². The molecular weight excluding hydrogens is 338 g/mol. The van der Waals surface area contributed by atoms with E-state index >= 15 is 0 Å². The first kappa shape index (κ1) is 20.7. The Bertz CT molecular complexity index is 594. The number of benzene rings is 1. The van der Waals surface area contributed by atoms with Crippen molar-refractivity contribution in [3.63, 3.8) is 0 Å². The van der Waals surface area contributed by atoms with Crippen LogP contribution < -0.4 is 16.4 Å². The molecule has 7 nitrogen and oxygen atoms in total. The Morgan fingerprint density at radius 1 is 1.16 bits per heavy atom. The molecule has 0 aromatic heterocycles. The molecule has 1 aromatic carbocycles. The zero-order chi connectivity index (χ0) is 19.0. The molecule has 0 aliphatic heterocycles. The van der Waals surface area contributed by atoms with Crippen LogP contribution in [0.2, 0.25) is 0 Å². The topological polar surface area (TPSA) is 90.7 Å². The Labute approximate surface area is 154 Å². The van der Waals surface area contributed by atoms with Crippen LogP contribution in [-0.4, -0.2) is 47.2 Å². The number of nitrogens with one attached hydrogen (secondary N) is 2. The van der Waals surface area contributed by atoms with Gasteiger partial charge >= 0.3 is 6.03 Å². The molecule has 1 aromatic rings. The molecule has 0 saturated heterocycles. The van der Waals surface area contributed by atoms with Gasteiger partial charge in [0.2, 0.25) is 0 Å². The highest BCUT2D eigenvalue weighted by Crippen LogP contribution is 2.08. The lowest BCUT2D eigenvalue weighted by atomic mass is 10.0. The second kappa shape index (κ2) is 9.83. The number of hydrogen-bond donors (Lipinski definition) is 3. The summed E-state index contributed by atoms with van der Waals surface area (Å²) in [6.07, 6.45) is 0.507. The Morgan fingerprint density at radius 2 is 1.76 bits per heavy atom. The quantitative estimate of drug-likeness (QED) is 0.524. The van der Waals surface area contributed by atoms with Crippen LogP contribution in [0.15, 0.2) is 30.3 Å². The van der Waals surface area contributed by atoms with Crippen molar-refractivity contribution >= 4 is 29.3 Å². The number of rotatable bonds is 6. The van der Waals surface area contributed by atoms with Crippen molar-refractivity contribution in [1.82, 2.24) is 20.7 Å². The van der Waals surface area contributed by atoms with Crippen LogP contribution in [0.3, 0.4) is 0 Å². The fourth-order valence-corrected chi connectivity index (χ4v) is 2.32. The van der Waals surface area contributed by atoms with Crippen molar-refractivity contribution in [2.75, 3.05) is 14.1 Å². The number of nitrogens with zero attached hydrogens (tertiary/aromatic N) is 2. The maximum absolute atomic E-state index is 12.7. The zero-order valence-corrected chi connectivity index (χ0v) is 16.0. The van der Waals surface area contributed by atoms with Gasteiger partial charge in [-0.2, -0.15) is 0 Å². The van der Waals surface area contributed by atoms with Crippen LogP contribution in [-0.2, 0) is 11.3 Å². The molecule has 0 aliphatic rings. The van der Waals surface area contributed by atoms with E-state index in [-0.39, 0.29) is 16.9 Å². The largest absolute Gasteiger partial charge is 0.375 e. The fourth-order valence-electron chi connectivity index (χ4n) is 2.20. The molecule has 0 heterocycles. The van der Waals surface area contributed by atoms with Gasteiger partial charge in [-0.15, -0.1) is 0 Å². The second-order valence-electron chi connectivity index (χ2n) is 6.22. The molecule has 4 N–H and O–H groups in total. The number of amides is 3.